The summed E-state index contributed by atoms with van der Waals surface area (Å²) in [6.45, 7) is 8.43. The molecule has 0 aromatic heterocycles. The van der Waals surface area contributed by atoms with Crippen molar-refractivity contribution < 1.29 is 0 Å². The monoisotopic (exact) mass is 617 g/mol. The van der Waals surface area contributed by atoms with Gasteiger partial charge in [0.25, 0.3) is 0 Å². The first-order valence-electron chi connectivity index (χ1n) is 15.6. The summed E-state index contributed by atoms with van der Waals surface area (Å²) in [5, 5.41) is 53.1. The van der Waals surface area contributed by atoms with Gasteiger partial charge in [0.15, 0.2) is 0 Å². The highest BCUT2D eigenvalue weighted by Crippen LogP contribution is 2.16. The van der Waals surface area contributed by atoms with Crippen LogP contribution in [0, 0.1) is 69.0 Å². The minimum Gasteiger partial charge on any atom is -0.326 e. The van der Waals surface area contributed by atoms with Crippen LogP contribution in [0.1, 0.15) is 66.2 Å². The van der Waals surface area contributed by atoms with E-state index >= 15 is 0 Å². The molecule has 0 radical (unpaired) electrons. The molecule has 4 saturated heterocycles. The molecule has 0 amide bonds. The van der Waals surface area contributed by atoms with Crippen molar-refractivity contribution in [1.29, 1.82) is 21.0 Å². The van der Waals surface area contributed by atoms with Gasteiger partial charge in [0.2, 0.25) is 0 Å². The summed E-state index contributed by atoms with van der Waals surface area (Å²) < 4.78 is 0. The van der Waals surface area contributed by atoms with Crippen LogP contribution in [0.25, 0.3) is 0 Å². The highest BCUT2D eigenvalue weighted by molar-refractivity contribution is 4.90. The second-order valence-electron chi connectivity index (χ2n) is 11.6. The Balaban J connectivity index is 0. The lowest BCUT2D eigenvalue weighted by atomic mass is 9.97. The van der Waals surface area contributed by atoms with Crippen molar-refractivity contribution in [2.24, 2.45) is 35.1 Å². The van der Waals surface area contributed by atoms with E-state index in [-0.39, 0.29) is 26.9 Å². The first kappa shape index (κ1) is 43.8. The summed E-state index contributed by atoms with van der Waals surface area (Å²) in [7, 11) is 3.86. The molecule has 4 fully saturated rings. The van der Waals surface area contributed by atoms with E-state index in [1.54, 1.807) is 0 Å². The summed E-state index contributed by atoms with van der Waals surface area (Å²) in [5.41, 5.74) is 11.5. The highest BCUT2D eigenvalue weighted by atomic mass is 15.0. The zero-order valence-electron chi connectivity index (χ0n) is 25.9. The lowest BCUT2D eigenvalue weighted by Crippen LogP contribution is -2.34. The second-order valence-corrected chi connectivity index (χ2v) is 11.6. The largest absolute Gasteiger partial charge is 0.326 e. The zero-order chi connectivity index (χ0) is 31.0. The molecule has 0 spiro atoms. The van der Waals surface area contributed by atoms with Crippen molar-refractivity contribution in [2.75, 3.05) is 66.5 Å². The van der Waals surface area contributed by atoms with Gasteiger partial charge in [-0.15, -0.1) is 0 Å². The topological polar surface area (TPSA) is 219 Å². The maximum atomic E-state index is 8.52. The van der Waals surface area contributed by atoms with E-state index in [9.17, 15) is 0 Å². The first-order valence-corrected chi connectivity index (χ1v) is 15.6. The van der Waals surface area contributed by atoms with Crippen molar-refractivity contribution in [3.63, 3.8) is 0 Å². The van der Waals surface area contributed by atoms with Crippen LogP contribution >= 0.6 is 0 Å². The van der Waals surface area contributed by atoms with E-state index in [1.165, 1.54) is 12.8 Å². The maximum Gasteiger partial charge on any atom is 0.0638 e. The Hall–Kier alpha value is -2.36. The SMILES string of the molecule is C.C.CNC(CC#N)C1CCNC1.CNC(CC#N)C1CCNC1.N#CCC(N)C1CCNC1.N#CCC(N)C1CCNC1. The normalized spacial score (nSPS) is 25.8. The zero-order valence-corrected chi connectivity index (χ0v) is 25.9. The number of hydrogen-bond acceptors (Lipinski definition) is 12. The fourth-order valence-electron chi connectivity index (χ4n) is 5.88. The Kier molecular flexibility index (Phi) is 28.0. The summed E-state index contributed by atoms with van der Waals surface area (Å²) in [6, 6.07) is 9.53. The van der Waals surface area contributed by atoms with Crippen LogP contribution in [0.2, 0.25) is 0 Å². The Morgan fingerprint density at radius 2 is 0.818 bits per heavy atom. The molecule has 0 aromatic carbocycles. The number of nitriles is 4. The highest BCUT2D eigenvalue weighted by Gasteiger charge is 2.24. The Bertz CT molecular complexity index is 763. The standard InChI is InChI=1S/2C8H15N3.2C7H13N3.2CH4/c2*1-10-8(2-4-9)7-3-5-11-6-7;2*8-3-1-7(9)6-2-4-10-5-6;;/h2*7-8,10-11H,2-3,5-6H2,1H3;2*6-7,10H,1-2,4-5,9H2;2*1H4. The number of nitrogens with two attached hydrogens (primary N) is 2. The quantitative estimate of drug-likeness (QED) is 0.173. The average Bonchev–Trinajstić information content (AvgIpc) is 3.84. The van der Waals surface area contributed by atoms with Gasteiger partial charge in [0.05, 0.1) is 50.0 Å². The molecular weight excluding hydrogens is 552 g/mol. The smallest absolute Gasteiger partial charge is 0.0638 e. The molecule has 4 aliphatic heterocycles. The number of nitrogens with zero attached hydrogens (tertiary/aromatic N) is 4. The average molecular weight is 617 g/mol. The van der Waals surface area contributed by atoms with Crippen molar-refractivity contribution in [1.82, 2.24) is 31.9 Å². The summed E-state index contributed by atoms with van der Waals surface area (Å²) in [5.74, 6) is 2.36. The van der Waals surface area contributed by atoms with Crippen molar-refractivity contribution in [3.8, 4) is 24.3 Å². The Labute approximate surface area is 269 Å². The van der Waals surface area contributed by atoms with Crippen molar-refractivity contribution in [2.45, 2.75) is 90.4 Å². The number of nitrogens with one attached hydrogen (secondary N) is 6. The number of rotatable bonds is 10. The van der Waals surface area contributed by atoms with Crippen LogP contribution in [0.4, 0.5) is 0 Å². The van der Waals surface area contributed by atoms with Gasteiger partial charge in [-0.1, -0.05) is 14.9 Å². The van der Waals surface area contributed by atoms with Crippen LogP contribution in [-0.2, 0) is 0 Å². The van der Waals surface area contributed by atoms with Gasteiger partial charge in [-0.3, -0.25) is 0 Å². The fourth-order valence-corrected chi connectivity index (χ4v) is 5.88. The molecule has 12 heteroatoms. The van der Waals surface area contributed by atoms with Gasteiger partial charge in [-0.2, -0.15) is 21.0 Å². The van der Waals surface area contributed by atoms with Gasteiger partial charge < -0.3 is 43.4 Å². The van der Waals surface area contributed by atoms with Crippen molar-refractivity contribution >= 4 is 0 Å². The minimum absolute atomic E-state index is 0. The molecule has 12 nitrogen and oxygen atoms in total. The predicted octanol–water partition coefficient (Wildman–Crippen LogP) is 1.14. The van der Waals surface area contributed by atoms with Crippen molar-refractivity contribution in [3.05, 3.63) is 0 Å². The summed E-state index contributed by atoms with van der Waals surface area (Å²) in [4.78, 5) is 0. The van der Waals surface area contributed by atoms with E-state index in [1.807, 2.05) is 14.1 Å². The van der Waals surface area contributed by atoms with Gasteiger partial charge in [0, 0.05) is 24.2 Å². The molecule has 10 N–H and O–H groups in total. The summed E-state index contributed by atoms with van der Waals surface area (Å²) >= 11 is 0. The molecule has 0 saturated carbocycles. The third kappa shape index (κ3) is 17.8. The molecule has 8 atom stereocenters. The Morgan fingerprint density at radius 3 is 1.02 bits per heavy atom. The molecule has 8 unspecified atom stereocenters. The van der Waals surface area contributed by atoms with Crippen LogP contribution in [-0.4, -0.2) is 90.6 Å². The first-order chi connectivity index (χ1) is 20.4. The predicted molar refractivity (Wildman–Crippen MR) is 180 cm³/mol. The molecule has 252 valence electrons. The van der Waals surface area contributed by atoms with E-state index in [4.69, 9.17) is 32.5 Å². The fraction of sp³-hybridized carbons (Fsp3) is 0.875. The molecule has 0 aliphatic carbocycles. The van der Waals surface area contributed by atoms with Gasteiger partial charge in [-0.05, 0) is 116 Å². The van der Waals surface area contributed by atoms with Crippen LogP contribution < -0.4 is 43.4 Å². The Morgan fingerprint density at radius 1 is 0.545 bits per heavy atom. The van der Waals surface area contributed by atoms with Gasteiger partial charge >= 0.3 is 0 Å². The van der Waals surface area contributed by atoms with Crippen LogP contribution in [0.5, 0.6) is 0 Å². The molecule has 44 heavy (non-hydrogen) atoms. The second kappa shape index (κ2) is 28.1. The molecule has 0 aromatic rings. The lowest BCUT2D eigenvalue weighted by Gasteiger charge is -2.18. The van der Waals surface area contributed by atoms with E-state index in [0.29, 0.717) is 61.4 Å². The van der Waals surface area contributed by atoms with E-state index < -0.39 is 0 Å². The van der Waals surface area contributed by atoms with E-state index in [0.717, 1.165) is 65.2 Å². The molecule has 4 aliphatic rings. The lowest BCUT2D eigenvalue weighted by molar-refractivity contribution is 0.403. The molecule has 4 rings (SSSR count). The van der Waals surface area contributed by atoms with Crippen LogP contribution in [0.15, 0.2) is 0 Å². The molecule has 4 heterocycles. The van der Waals surface area contributed by atoms with Gasteiger partial charge in [0.1, 0.15) is 0 Å². The summed E-state index contributed by atoms with van der Waals surface area (Å²) in [6.07, 6.45) is 6.90. The van der Waals surface area contributed by atoms with Gasteiger partial charge in [-0.25, -0.2) is 0 Å². The van der Waals surface area contributed by atoms with E-state index in [2.05, 4.69) is 56.2 Å². The number of hydrogen-bond donors (Lipinski definition) is 8. The third-order valence-corrected chi connectivity index (χ3v) is 8.76. The maximum absolute atomic E-state index is 8.52. The molecule has 0 bridgehead atoms. The third-order valence-electron chi connectivity index (χ3n) is 8.76. The van der Waals surface area contributed by atoms with Crippen LogP contribution in [0.3, 0.4) is 0 Å². The molecular formula is C32H64N12. The minimum atomic E-state index is 0.